The fraction of sp³-hybridized carbons (Fsp3) is 1.00. The van der Waals surface area contributed by atoms with Crippen molar-refractivity contribution in [3.63, 3.8) is 0 Å². The molecule has 2 fully saturated rings. The van der Waals surface area contributed by atoms with Crippen LogP contribution < -0.4 is 0 Å². The van der Waals surface area contributed by atoms with Crippen LogP contribution in [0.15, 0.2) is 0 Å². The molecule has 0 amide bonds. The molecule has 0 atom stereocenters. The average molecular weight is 287 g/mol. The topological polar surface area (TPSA) is 0 Å². The first-order valence-electron chi connectivity index (χ1n) is 6.17. The summed E-state index contributed by atoms with van der Waals surface area (Å²) in [4.78, 5) is 0. The molecule has 0 aromatic rings. The van der Waals surface area contributed by atoms with Gasteiger partial charge in [0.2, 0.25) is 0 Å². The van der Waals surface area contributed by atoms with Gasteiger partial charge in [-0.2, -0.15) is 0 Å². The van der Waals surface area contributed by atoms with E-state index in [4.69, 9.17) is 18.6 Å². The molecule has 0 N–H and O–H groups in total. The van der Waals surface area contributed by atoms with Crippen LogP contribution in [-0.2, 0) is 17.0 Å². The Bertz CT molecular complexity index is 105. The Morgan fingerprint density at radius 2 is 0.933 bits per heavy atom. The Balaban J connectivity index is 0.000000210. The van der Waals surface area contributed by atoms with Crippen LogP contribution in [0.2, 0.25) is 0 Å². The number of hydrogen-bond acceptors (Lipinski definition) is 0. The van der Waals surface area contributed by atoms with Crippen LogP contribution in [0.25, 0.3) is 0 Å². The molecule has 15 heavy (non-hydrogen) atoms. The Hall–Kier alpha value is 1.29. The van der Waals surface area contributed by atoms with E-state index in [9.17, 15) is 0 Å². The predicted molar refractivity (Wildman–Crippen MR) is 67.0 cm³/mol. The average Bonchev–Trinajstić information content (AvgIpc) is 2.81. The molecule has 0 unspecified atom stereocenters. The molecule has 2 rings (SSSR count). The van der Waals surface area contributed by atoms with Gasteiger partial charge in [-0.25, -0.2) is 0 Å². The molecule has 0 aliphatic heterocycles. The summed E-state index contributed by atoms with van der Waals surface area (Å²) < 4.78 is 0. The van der Waals surface area contributed by atoms with Crippen molar-refractivity contribution in [3.8, 4) is 0 Å². The van der Waals surface area contributed by atoms with Gasteiger partial charge in [0.15, 0.2) is 0 Å². The summed E-state index contributed by atoms with van der Waals surface area (Å²) in [5, 5.41) is 0. The molecule has 3 heteroatoms. The zero-order chi connectivity index (χ0) is 11.5. The van der Waals surface area contributed by atoms with Crippen LogP contribution in [0.3, 0.4) is 0 Å². The Morgan fingerprint density at radius 1 is 0.733 bits per heavy atom. The second-order valence-corrected chi connectivity index (χ2v) is 7.43. The maximum absolute atomic E-state index is 4.89. The van der Waals surface area contributed by atoms with Crippen molar-refractivity contribution < 1.29 is 17.0 Å². The fourth-order valence-corrected chi connectivity index (χ4v) is 2.26. The molecule has 0 nitrogen and oxygen atoms in total. The summed E-state index contributed by atoms with van der Waals surface area (Å²) in [5.41, 5.74) is 0. The second kappa shape index (κ2) is 11.8. The van der Waals surface area contributed by atoms with Gasteiger partial charge in [-0.15, -0.1) is 0 Å². The van der Waals surface area contributed by atoms with Gasteiger partial charge >= 0.3 is 35.6 Å². The molecule has 0 aromatic heterocycles. The minimum atomic E-state index is -0.556. The first kappa shape index (κ1) is 16.3. The number of halogens is 2. The molecule has 0 bridgehead atoms. The Morgan fingerprint density at radius 3 is 1.00 bits per heavy atom. The van der Waals surface area contributed by atoms with Gasteiger partial charge in [0.05, 0.1) is 0 Å². The predicted octanol–water partition coefficient (Wildman–Crippen LogP) is 5.77. The van der Waals surface area contributed by atoms with Gasteiger partial charge in [0.25, 0.3) is 0 Å². The quantitative estimate of drug-likeness (QED) is 0.496. The normalized spacial score (nSPS) is 21.3. The summed E-state index contributed by atoms with van der Waals surface area (Å²) in [5.74, 6) is 2.09. The van der Waals surface area contributed by atoms with E-state index in [-0.39, 0.29) is 0 Å². The van der Waals surface area contributed by atoms with Crippen LogP contribution in [0.4, 0.5) is 0 Å². The van der Waals surface area contributed by atoms with E-state index in [0.717, 1.165) is 11.8 Å². The van der Waals surface area contributed by atoms with Crippen molar-refractivity contribution >= 4 is 18.6 Å². The van der Waals surface area contributed by atoms with Gasteiger partial charge < -0.3 is 0 Å². The third kappa shape index (κ3) is 11.6. The molecule has 0 heterocycles. The zero-order valence-electron chi connectivity index (χ0n) is 10.1. The Kier molecular flexibility index (Phi) is 12.8. The van der Waals surface area contributed by atoms with E-state index in [0.29, 0.717) is 0 Å². The molecule has 0 spiro atoms. The van der Waals surface area contributed by atoms with Crippen molar-refractivity contribution in [2.75, 3.05) is 0 Å². The first-order chi connectivity index (χ1) is 7.20. The van der Waals surface area contributed by atoms with Crippen molar-refractivity contribution in [1.29, 1.82) is 0 Å². The van der Waals surface area contributed by atoms with Crippen molar-refractivity contribution in [2.45, 2.75) is 65.2 Å². The van der Waals surface area contributed by atoms with Crippen LogP contribution in [0.1, 0.15) is 65.2 Å². The van der Waals surface area contributed by atoms with Gasteiger partial charge in [0, 0.05) is 0 Å². The molecule has 2 aliphatic carbocycles. The van der Waals surface area contributed by atoms with Crippen molar-refractivity contribution in [1.82, 2.24) is 0 Å². The summed E-state index contributed by atoms with van der Waals surface area (Å²) >= 11 is -0.556. The molecule has 0 aromatic carbocycles. The summed E-state index contributed by atoms with van der Waals surface area (Å²) in [6, 6.07) is 0. The van der Waals surface area contributed by atoms with E-state index in [1.54, 1.807) is 0 Å². The summed E-state index contributed by atoms with van der Waals surface area (Å²) in [7, 11) is 9.78. The standard InChI is InChI=1S/2C6H12.2ClH.Ti/c2*1-6-4-2-3-5-6;;;/h2*6H,2-5H2,1H3;2*1H;/q;;;;+2/p-2. The fourth-order valence-electron chi connectivity index (χ4n) is 2.26. The van der Waals surface area contributed by atoms with Crippen LogP contribution in [-0.4, -0.2) is 0 Å². The third-order valence-corrected chi connectivity index (χ3v) is 3.29. The van der Waals surface area contributed by atoms with Gasteiger partial charge in [-0.3, -0.25) is 0 Å². The van der Waals surface area contributed by atoms with Crippen molar-refractivity contribution in [3.05, 3.63) is 0 Å². The molecule has 2 saturated carbocycles. The number of rotatable bonds is 0. The number of hydrogen-bond donors (Lipinski definition) is 0. The zero-order valence-corrected chi connectivity index (χ0v) is 13.1. The third-order valence-electron chi connectivity index (χ3n) is 3.29. The van der Waals surface area contributed by atoms with Gasteiger partial charge in [0.1, 0.15) is 0 Å². The summed E-state index contributed by atoms with van der Waals surface area (Å²) in [6.07, 6.45) is 11.9. The van der Waals surface area contributed by atoms with E-state index in [1.165, 1.54) is 51.4 Å². The van der Waals surface area contributed by atoms with Crippen molar-refractivity contribution in [2.24, 2.45) is 11.8 Å². The molecular weight excluding hydrogens is 263 g/mol. The van der Waals surface area contributed by atoms with Gasteiger partial charge in [-0.1, -0.05) is 65.2 Å². The monoisotopic (exact) mass is 286 g/mol. The van der Waals surface area contributed by atoms with E-state index < -0.39 is 17.0 Å². The van der Waals surface area contributed by atoms with Crippen LogP contribution in [0.5, 0.6) is 0 Å². The van der Waals surface area contributed by atoms with E-state index in [2.05, 4.69) is 13.8 Å². The first-order valence-corrected chi connectivity index (χ1v) is 10.5. The molecular formula is C12H24Cl2Ti. The summed E-state index contributed by atoms with van der Waals surface area (Å²) in [6.45, 7) is 4.68. The van der Waals surface area contributed by atoms with E-state index in [1.807, 2.05) is 0 Å². The van der Waals surface area contributed by atoms with Gasteiger partial charge in [-0.05, 0) is 11.8 Å². The SMILES string of the molecule is CC1CCCC1.CC1CCCC1.[Cl][Ti][Cl]. The molecule has 0 saturated heterocycles. The molecule has 2 aliphatic rings. The molecule has 90 valence electrons. The maximum atomic E-state index is 4.89. The molecule has 0 radical (unpaired) electrons. The van der Waals surface area contributed by atoms with E-state index >= 15 is 0 Å². The van der Waals surface area contributed by atoms with Crippen LogP contribution >= 0.6 is 18.6 Å². The van der Waals surface area contributed by atoms with Crippen LogP contribution in [0, 0.1) is 11.8 Å². The second-order valence-electron chi connectivity index (χ2n) is 4.85. The Labute approximate surface area is 112 Å². The minimum absolute atomic E-state index is 0.556.